The molecule has 0 aromatic heterocycles. The van der Waals surface area contributed by atoms with Crippen molar-refractivity contribution in [2.75, 3.05) is 0 Å². The SMILES string of the molecule is [c]1ccc2cc3ccc(-c4ccccc4)cc3cc2c1. The van der Waals surface area contributed by atoms with Crippen molar-refractivity contribution < 1.29 is 0 Å². The second-order valence-electron chi connectivity index (χ2n) is 5.05. The molecule has 20 heavy (non-hydrogen) atoms. The molecule has 93 valence electrons. The van der Waals surface area contributed by atoms with E-state index >= 15 is 0 Å². The first kappa shape index (κ1) is 11.2. The summed E-state index contributed by atoms with van der Waals surface area (Å²) in [5.41, 5.74) is 2.52. The van der Waals surface area contributed by atoms with Crippen LogP contribution in [0.25, 0.3) is 32.7 Å². The molecule has 0 heterocycles. The zero-order valence-electron chi connectivity index (χ0n) is 11.0. The summed E-state index contributed by atoms with van der Waals surface area (Å²) in [5, 5.41) is 5.07. The van der Waals surface area contributed by atoms with Crippen molar-refractivity contribution in [2.24, 2.45) is 0 Å². The highest BCUT2D eigenvalue weighted by Gasteiger charge is 2.01. The molecule has 0 nitrogen and oxygen atoms in total. The Kier molecular flexibility index (Phi) is 2.53. The minimum atomic E-state index is 1.24. The third-order valence-electron chi connectivity index (χ3n) is 3.75. The summed E-state index contributed by atoms with van der Waals surface area (Å²) in [7, 11) is 0. The Morgan fingerprint density at radius 3 is 2.25 bits per heavy atom. The predicted octanol–water partition coefficient (Wildman–Crippen LogP) is 5.46. The third-order valence-corrected chi connectivity index (χ3v) is 3.75. The summed E-state index contributed by atoms with van der Waals surface area (Å²) >= 11 is 0. The minimum absolute atomic E-state index is 1.24. The van der Waals surface area contributed by atoms with Gasteiger partial charge in [-0.05, 0) is 63.0 Å². The molecular formula is C20H13. The van der Waals surface area contributed by atoms with Crippen LogP contribution in [0.4, 0.5) is 0 Å². The van der Waals surface area contributed by atoms with Gasteiger partial charge in [-0.2, -0.15) is 0 Å². The van der Waals surface area contributed by atoms with E-state index in [0.29, 0.717) is 0 Å². The van der Waals surface area contributed by atoms with E-state index < -0.39 is 0 Å². The minimum Gasteiger partial charge on any atom is -0.0622 e. The lowest BCUT2D eigenvalue weighted by atomic mass is 9.99. The van der Waals surface area contributed by atoms with E-state index in [-0.39, 0.29) is 0 Å². The zero-order valence-corrected chi connectivity index (χ0v) is 11.0. The smallest absolute Gasteiger partial charge is 0.0171 e. The Labute approximate surface area is 118 Å². The molecular weight excluding hydrogens is 240 g/mol. The molecule has 0 spiro atoms. The quantitative estimate of drug-likeness (QED) is 0.395. The average Bonchev–Trinajstić information content (AvgIpc) is 2.53. The topological polar surface area (TPSA) is 0 Å². The van der Waals surface area contributed by atoms with Crippen LogP contribution in [0.5, 0.6) is 0 Å². The first-order valence-electron chi connectivity index (χ1n) is 6.79. The highest BCUT2D eigenvalue weighted by Crippen LogP contribution is 2.27. The molecule has 0 saturated heterocycles. The highest BCUT2D eigenvalue weighted by molar-refractivity contribution is 5.99. The maximum Gasteiger partial charge on any atom is -0.0171 e. The molecule has 4 rings (SSSR count). The standard InChI is InChI=1S/C20H13/c1-2-6-15(7-3-1)18-10-11-19-12-16-8-4-5-9-17(16)13-20(19)14-18/h1-4,6-14H. The van der Waals surface area contributed by atoms with Gasteiger partial charge in [0.1, 0.15) is 0 Å². The van der Waals surface area contributed by atoms with Crippen LogP contribution < -0.4 is 0 Å². The van der Waals surface area contributed by atoms with Gasteiger partial charge in [0.25, 0.3) is 0 Å². The maximum absolute atomic E-state index is 3.15. The molecule has 0 aliphatic heterocycles. The van der Waals surface area contributed by atoms with Gasteiger partial charge in [0.2, 0.25) is 0 Å². The first-order valence-corrected chi connectivity index (χ1v) is 6.79. The van der Waals surface area contributed by atoms with Crippen molar-refractivity contribution in [1.82, 2.24) is 0 Å². The van der Waals surface area contributed by atoms with E-state index in [1.807, 2.05) is 18.2 Å². The number of benzene rings is 4. The summed E-state index contributed by atoms with van der Waals surface area (Å²) in [5.74, 6) is 0. The maximum atomic E-state index is 3.15. The Morgan fingerprint density at radius 2 is 1.35 bits per heavy atom. The zero-order chi connectivity index (χ0) is 13.4. The van der Waals surface area contributed by atoms with Gasteiger partial charge in [0.15, 0.2) is 0 Å². The van der Waals surface area contributed by atoms with E-state index in [4.69, 9.17) is 0 Å². The van der Waals surface area contributed by atoms with Gasteiger partial charge in [-0.3, -0.25) is 0 Å². The number of rotatable bonds is 1. The molecule has 0 amide bonds. The summed E-state index contributed by atoms with van der Waals surface area (Å²) in [6, 6.07) is 30.9. The van der Waals surface area contributed by atoms with Gasteiger partial charge >= 0.3 is 0 Å². The van der Waals surface area contributed by atoms with Crippen LogP contribution in [0, 0.1) is 6.07 Å². The largest absolute Gasteiger partial charge is 0.0622 e. The summed E-state index contributed by atoms with van der Waals surface area (Å²) in [6.45, 7) is 0. The fraction of sp³-hybridized carbons (Fsp3) is 0. The number of fused-ring (bicyclic) bond motifs is 2. The number of hydrogen-bond donors (Lipinski definition) is 0. The molecule has 0 N–H and O–H groups in total. The summed E-state index contributed by atoms with van der Waals surface area (Å²) in [4.78, 5) is 0. The molecule has 4 aromatic carbocycles. The fourth-order valence-corrected chi connectivity index (χ4v) is 2.69. The summed E-state index contributed by atoms with van der Waals surface area (Å²) in [6.07, 6.45) is 0. The molecule has 0 heteroatoms. The van der Waals surface area contributed by atoms with Gasteiger partial charge in [-0.1, -0.05) is 54.6 Å². The van der Waals surface area contributed by atoms with Crippen LogP contribution in [0.15, 0.2) is 78.9 Å². The summed E-state index contributed by atoms with van der Waals surface area (Å²) < 4.78 is 0. The monoisotopic (exact) mass is 253 g/mol. The lowest BCUT2D eigenvalue weighted by molar-refractivity contribution is 1.65. The average molecular weight is 253 g/mol. The Balaban J connectivity index is 1.97. The Morgan fingerprint density at radius 1 is 0.550 bits per heavy atom. The van der Waals surface area contributed by atoms with Crippen molar-refractivity contribution in [3.63, 3.8) is 0 Å². The van der Waals surface area contributed by atoms with E-state index in [9.17, 15) is 0 Å². The van der Waals surface area contributed by atoms with Gasteiger partial charge in [0.05, 0.1) is 0 Å². The van der Waals surface area contributed by atoms with Crippen LogP contribution in [0.1, 0.15) is 0 Å². The normalized spacial score (nSPS) is 11.0. The molecule has 1 radical (unpaired) electrons. The van der Waals surface area contributed by atoms with Crippen LogP contribution in [0.2, 0.25) is 0 Å². The van der Waals surface area contributed by atoms with E-state index in [0.717, 1.165) is 0 Å². The second kappa shape index (κ2) is 4.50. The molecule has 0 aliphatic rings. The third kappa shape index (κ3) is 1.86. The van der Waals surface area contributed by atoms with Crippen molar-refractivity contribution >= 4 is 21.5 Å². The van der Waals surface area contributed by atoms with Crippen LogP contribution in [-0.2, 0) is 0 Å². The Bertz CT molecular complexity index is 889. The molecule has 0 unspecified atom stereocenters. The Hall–Kier alpha value is -2.60. The predicted molar refractivity (Wildman–Crippen MR) is 85.7 cm³/mol. The van der Waals surface area contributed by atoms with E-state index in [1.54, 1.807) is 0 Å². The van der Waals surface area contributed by atoms with Crippen molar-refractivity contribution in [3.8, 4) is 11.1 Å². The molecule has 0 atom stereocenters. The van der Waals surface area contributed by atoms with E-state index in [2.05, 4.69) is 66.7 Å². The van der Waals surface area contributed by atoms with Gasteiger partial charge in [-0.15, -0.1) is 0 Å². The van der Waals surface area contributed by atoms with Crippen molar-refractivity contribution in [3.05, 3.63) is 84.9 Å². The highest BCUT2D eigenvalue weighted by atomic mass is 14.1. The van der Waals surface area contributed by atoms with Gasteiger partial charge in [0, 0.05) is 0 Å². The first-order chi connectivity index (χ1) is 9.90. The second-order valence-corrected chi connectivity index (χ2v) is 5.05. The molecule has 0 bridgehead atoms. The molecule has 0 fully saturated rings. The lowest BCUT2D eigenvalue weighted by Crippen LogP contribution is -1.80. The van der Waals surface area contributed by atoms with Crippen molar-refractivity contribution in [2.45, 2.75) is 0 Å². The van der Waals surface area contributed by atoms with Gasteiger partial charge in [-0.25, -0.2) is 0 Å². The van der Waals surface area contributed by atoms with Crippen molar-refractivity contribution in [1.29, 1.82) is 0 Å². The van der Waals surface area contributed by atoms with Crippen LogP contribution >= 0.6 is 0 Å². The molecule has 0 aliphatic carbocycles. The van der Waals surface area contributed by atoms with Crippen LogP contribution in [-0.4, -0.2) is 0 Å². The number of hydrogen-bond acceptors (Lipinski definition) is 0. The molecule has 4 aromatic rings. The van der Waals surface area contributed by atoms with Gasteiger partial charge < -0.3 is 0 Å². The fourth-order valence-electron chi connectivity index (χ4n) is 2.69. The molecule has 0 saturated carbocycles. The van der Waals surface area contributed by atoms with Crippen LogP contribution in [0.3, 0.4) is 0 Å². The lowest BCUT2D eigenvalue weighted by Gasteiger charge is -2.06. The van der Waals surface area contributed by atoms with E-state index in [1.165, 1.54) is 32.7 Å².